The van der Waals surface area contributed by atoms with Crippen molar-refractivity contribution in [3.8, 4) is 0 Å². The summed E-state index contributed by atoms with van der Waals surface area (Å²) in [5.41, 5.74) is 0.987. The number of hydrogen-bond acceptors (Lipinski definition) is 7. The van der Waals surface area contributed by atoms with E-state index in [0.29, 0.717) is 16.2 Å². The lowest BCUT2D eigenvalue weighted by molar-refractivity contribution is -0.0459. The Morgan fingerprint density at radius 1 is 1.45 bits per heavy atom. The van der Waals surface area contributed by atoms with Crippen molar-refractivity contribution in [1.29, 1.82) is 0 Å². The van der Waals surface area contributed by atoms with E-state index in [-0.39, 0.29) is 0 Å². The summed E-state index contributed by atoms with van der Waals surface area (Å²) < 4.78 is 20.9. The maximum absolute atomic E-state index is 14.1. The van der Waals surface area contributed by atoms with Crippen LogP contribution in [0.3, 0.4) is 0 Å². The van der Waals surface area contributed by atoms with Crippen molar-refractivity contribution in [2.24, 2.45) is 0 Å². The van der Waals surface area contributed by atoms with Crippen LogP contribution in [0.2, 0.25) is 0 Å². The van der Waals surface area contributed by atoms with Gasteiger partial charge in [0.15, 0.2) is 18.0 Å². The summed E-state index contributed by atoms with van der Waals surface area (Å²) in [6, 6.07) is 0. The molecule has 1 saturated heterocycles. The minimum atomic E-state index is -1.66. The fraction of sp³-hybridized carbons (Fsp3) is 0.545. The van der Waals surface area contributed by atoms with E-state index in [1.54, 1.807) is 0 Å². The first-order valence-electron chi connectivity index (χ1n) is 5.97. The molecule has 0 bridgehead atoms. The number of fused-ring (bicyclic) bond motifs is 1. The number of hydrogen-bond donors (Lipinski definition) is 2. The lowest BCUT2D eigenvalue weighted by atomic mass is 10.1. The van der Waals surface area contributed by atoms with E-state index in [0.717, 1.165) is 0 Å². The molecular formula is C11H13FN4O3S. The molecule has 1 fully saturated rings. The molecule has 1 aliphatic heterocycles. The summed E-state index contributed by atoms with van der Waals surface area (Å²) in [5.74, 6) is 0. The van der Waals surface area contributed by atoms with Crippen LogP contribution in [0.1, 0.15) is 6.23 Å². The number of nitrogens with zero attached hydrogens (tertiary/aromatic N) is 4. The highest BCUT2D eigenvalue weighted by Gasteiger charge is 2.45. The van der Waals surface area contributed by atoms with Crippen LogP contribution >= 0.6 is 11.8 Å². The Kier molecular flexibility index (Phi) is 3.59. The molecular weight excluding hydrogens is 287 g/mol. The summed E-state index contributed by atoms with van der Waals surface area (Å²) in [5, 5.41) is 19.4. The Morgan fingerprint density at radius 2 is 2.25 bits per heavy atom. The van der Waals surface area contributed by atoms with E-state index in [9.17, 15) is 9.50 Å². The summed E-state index contributed by atoms with van der Waals surface area (Å²) in [4.78, 5) is 12.3. The number of aliphatic hydroxyl groups is 2. The van der Waals surface area contributed by atoms with Gasteiger partial charge in [-0.2, -0.15) is 0 Å². The van der Waals surface area contributed by atoms with Crippen molar-refractivity contribution in [3.05, 3.63) is 12.7 Å². The van der Waals surface area contributed by atoms with E-state index in [1.165, 1.54) is 29.0 Å². The zero-order valence-electron chi connectivity index (χ0n) is 10.5. The second kappa shape index (κ2) is 5.24. The summed E-state index contributed by atoms with van der Waals surface area (Å²) in [6.07, 6.45) is -0.402. The summed E-state index contributed by atoms with van der Waals surface area (Å²) in [6.45, 7) is -0.449. The molecule has 0 saturated carbocycles. The van der Waals surface area contributed by atoms with Gasteiger partial charge in [-0.15, -0.1) is 11.8 Å². The standard InChI is InChI=1S/C11H13FN4O3S/c1-20-10-7-9(13-3-14-10)16(4-15-7)11-6(12)8(18)5(2-17)19-11/h3-6,8,11,17-18H,2H2,1H3/t5-,6-,8-,11-/m1/s1. The first kappa shape index (κ1) is 13.7. The summed E-state index contributed by atoms with van der Waals surface area (Å²) >= 11 is 1.41. The second-order valence-corrected chi connectivity index (χ2v) is 5.18. The van der Waals surface area contributed by atoms with Gasteiger partial charge in [-0.3, -0.25) is 4.57 Å². The van der Waals surface area contributed by atoms with Crippen LogP contribution in [-0.4, -0.2) is 61.0 Å². The van der Waals surface area contributed by atoms with Gasteiger partial charge in [-0.05, 0) is 6.26 Å². The molecule has 0 amide bonds. The van der Waals surface area contributed by atoms with E-state index >= 15 is 0 Å². The molecule has 3 heterocycles. The number of imidazole rings is 1. The maximum atomic E-state index is 14.1. The largest absolute Gasteiger partial charge is 0.394 e. The van der Waals surface area contributed by atoms with Crippen LogP contribution < -0.4 is 0 Å². The number of halogens is 1. The van der Waals surface area contributed by atoms with Crippen molar-refractivity contribution in [2.45, 2.75) is 29.6 Å². The van der Waals surface area contributed by atoms with E-state index < -0.39 is 31.2 Å². The van der Waals surface area contributed by atoms with E-state index in [1.807, 2.05) is 6.26 Å². The second-order valence-electron chi connectivity index (χ2n) is 4.39. The van der Waals surface area contributed by atoms with Gasteiger partial charge in [-0.1, -0.05) is 0 Å². The van der Waals surface area contributed by atoms with Crippen molar-refractivity contribution in [3.63, 3.8) is 0 Å². The predicted molar refractivity (Wildman–Crippen MR) is 69.0 cm³/mol. The van der Waals surface area contributed by atoms with Gasteiger partial charge in [0.25, 0.3) is 0 Å². The van der Waals surface area contributed by atoms with Crippen LogP contribution in [0.25, 0.3) is 11.2 Å². The van der Waals surface area contributed by atoms with Crippen molar-refractivity contribution >= 4 is 22.9 Å². The van der Waals surface area contributed by atoms with Crippen LogP contribution in [0.5, 0.6) is 0 Å². The Balaban J connectivity index is 2.03. The summed E-state index contributed by atoms with van der Waals surface area (Å²) in [7, 11) is 0. The lowest BCUT2D eigenvalue weighted by Crippen LogP contribution is -2.30. The fourth-order valence-corrected chi connectivity index (χ4v) is 2.73. The molecule has 0 aromatic carbocycles. The van der Waals surface area contributed by atoms with Crippen molar-refractivity contribution < 1.29 is 19.3 Å². The molecule has 108 valence electrons. The number of rotatable bonds is 3. The van der Waals surface area contributed by atoms with Gasteiger partial charge < -0.3 is 14.9 Å². The first-order valence-corrected chi connectivity index (χ1v) is 7.19. The average Bonchev–Trinajstić information content (AvgIpc) is 3.01. The average molecular weight is 300 g/mol. The number of ether oxygens (including phenoxy) is 1. The molecule has 0 spiro atoms. The van der Waals surface area contributed by atoms with Gasteiger partial charge in [0.1, 0.15) is 29.1 Å². The zero-order chi connectivity index (χ0) is 14.3. The third-order valence-corrected chi connectivity index (χ3v) is 3.95. The Labute approximate surface area is 117 Å². The molecule has 0 radical (unpaired) electrons. The van der Waals surface area contributed by atoms with E-state index in [2.05, 4.69) is 15.0 Å². The normalized spacial score (nSPS) is 30.2. The first-order chi connectivity index (χ1) is 9.67. The molecule has 0 aliphatic carbocycles. The van der Waals surface area contributed by atoms with Gasteiger partial charge in [-0.25, -0.2) is 19.3 Å². The minimum absolute atomic E-state index is 0.433. The third-order valence-electron chi connectivity index (χ3n) is 3.27. The SMILES string of the molecule is CSc1ncnc2c1ncn2[C@@H]1O[C@H](CO)[C@@H](O)[C@H]1F. The monoisotopic (exact) mass is 300 g/mol. The van der Waals surface area contributed by atoms with Crippen molar-refractivity contribution in [1.82, 2.24) is 19.5 Å². The molecule has 2 aromatic rings. The smallest absolute Gasteiger partial charge is 0.173 e. The lowest BCUT2D eigenvalue weighted by Gasteiger charge is -2.14. The molecule has 9 heteroatoms. The number of thioether (sulfide) groups is 1. The topological polar surface area (TPSA) is 93.3 Å². The maximum Gasteiger partial charge on any atom is 0.173 e. The van der Waals surface area contributed by atoms with Gasteiger partial charge in [0.05, 0.1) is 12.9 Å². The van der Waals surface area contributed by atoms with Gasteiger partial charge in [0, 0.05) is 0 Å². The molecule has 2 N–H and O–H groups in total. The molecule has 1 aliphatic rings. The van der Waals surface area contributed by atoms with Crippen LogP contribution in [0.15, 0.2) is 17.7 Å². The highest BCUT2D eigenvalue weighted by molar-refractivity contribution is 7.98. The fourth-order valence-electron chi connectivity index (χ4n) is 2.24. The van der Waals surface area contributed by atoms with Crippen LogP contribution in [-0.2, 0) is 4.74 Å². The Bertz CT molecular complexity index is 625. The Hall–Kier alpha value is -1.29. The number of alkyl halides is 1. The van der Waals surface area contributed by atoms with Crippen LogP contribution in [0.4, 0.5) is 4.39 Å². The predicted octanol–water partition coefficient (Wildman–Crippen LogP) is 0.137. The van der Waals surface area contributed by atoms with E-state index in [4.69, 9.17) is 9.84 Å². The molecule has 0 unspecified atom stereocenters. The molecule has 4 atom stereocenters. The van der Waals surface area contributed by atoms with Crippen LogP contribution in [0, 0.1) is 0 Å². The minimum Gasteiger partial charge on any atom is -0.394 e. The third kappa shape index (κ3) is 1.97. The Morgan fingerprint density at radius 3 is 2.90 bits per heavy atom. The molecule has 2 aromatic heterocycles. The quantitative estimate of drug-likeness (QED) is 0.615. The van der Waals surface area contributed by atoms with Gasteiger partial charge in [0.2, 0.25) is 0 Å². The molecule has 7 nitrogen and oxygen atoms in total. The van der Waals surface area contributed by atoms with Gasteiger partial charge >= 0.3 is 0 Å². The molecule has 20 heavy (non-hydrogen) atoms. The molecule has 3 rings (SSSR count). The number of aromatic nitrogens is 4. The highest BCUT2D eigenvalue weighted by atomic mass is 32.2. The number of aliphatic hydroxyl groups excluding tert-OH is 2. The highest BCUT2D eigenvalue weighted by Crippen LogP contribution is 2.34. The van der Waals surface area contributed by atoms with Crippen molar-refractivity contribution in [2.75, 3.05) is 12.9 Å². The zero-order valence-corrected chi connectivity index (χ0v) is 11.4.